The van der Waals surface area contributed by atoms with Gasteiger partial charge >= 0.3 is 0 Å². The summed E-state index contributed by atoms with van der Waals surface area (Å²) in [4.78, 5) is 16.4. The minimum Gasteiger partial charge on any atom is -0.485 e. The second kappa shape index (κ2) is 7.74. The summed E-state index contributed by atoms with van der Waals surface area (Å²) < 4.78 is 7.37. The van der Waals surface area contributed by atoms with E-state index in [2.05, 4.69) is 26.0 Å². The number of hydrogen-bond donors (Lipinski definition) is 0. The summed E-state index contributed by atoms with van der Waals surface area (Å²) in [6, 6.07) is 8.41. The number of pyridine rings is 1. The number of nitrogens with zero attached hydrogens (tertiary/aromatic N) is 3. The third-order valence-corrected chi connectivity index (χ3v) is 5.00. The molecule has 0 saturated heterocycles. The molecule has 2 heterocycles. The van der Waals surface area contributed by atoms with Gasteiger partial charge in [0.15, 0.2) is 10.8 Å². The Labute approximate surface area is 166 Å². The SMILES string of the molecule is O=c1c(Cl)c(OCc2ccc(Cl)nc2)cnn1-c1ccc(Cl)c(Br)c1. The van der Waals surface area contributed by atoms with Crippen molar-refractivity contribution in [3.63, 3.8) is 0 Å². The fourth-order valence-electron chi connectivity index (χ4n) is 1.97. The first-order valence-corrected chi connectivity index (χ1v) is 8.85. The molecule has 0 fully saturated rings. The van der Waals surface area contributed by atoms with Gasteiger partial charge in [0, 0.05) is 16.2 Å². The van der Waals surface area contributed by atoms with Crippen LogP contribution < -0.4 is 10.3 Å². The van der Waals surface area contributed by atoms with Crippen molar-refractivity contribution in [3.8, 4) is 11.4 Å². The van der Waals surface area contributed by atoms with Gasteiger partial charge in [0.25, 0.3) is 5.56 Å². The van der Waals surface area contributed by atoms with Crippen LogP contribution in [-0.4, -0.2) is 14.8 Å². The standard InChI is InChI=1S/C16H9BrCl3N3O2/c17-11-5-10(2-3-12(11)18)23-16(24)15(20)13(7-22-23)25-8-9-1-4-14(19)21-6-9/h1-7H,8H2. The van der Waals surface area contributed by atoms with Gasteiger partial charge in [-0.25, -0.2) is 4.98 Å². The summed E-state index contributed by atoms with van der Waals surface area (Å²) in [5.74, 6) is 0.186. The van der Waals surface area contributed by atoms with Gasteiger partial charge in [-0.1, -0.05) is 40.9 Å². The zero-order valence-corrected chi connectivity index (χ0v) is 16.3. The van der Waals surface area contributed by atoms with E-state index < -0.39 is 5.56 Å². The van der Waals surface area contributed by atoms with Crippen LogP contribution in [0.1, 0.15) is 5.56 Å². The topological polar surface area (TPSA) is 57.0 Å². The van der Waals surface area contributed by atoms with Crippen LogP contribution in [0, 0.1) is 0 Å². The van der Waals surface area contributed by atoms with Crippen LogP contribution in [-0.2, 0) is 6.61 Å². The van der Waals surface area contributed by atoms with Gasteiger partial charge in [0.2, 0.25) is 0 Å². The Hall–Kier alpha value is -1.60. The minimum absolute atomic E-state index is 0.0667. The molecular weight excluding hydrogens is 452 g/mol. The third kappa shape index (κ3) is 4.15. The van der Waals surface area contributed by atoms with Crippen molar-refractivity contribution < 1.29 is 4.74 Å². The van der Waals surface area contributed by atoms with Crippen LogP contribution >= 0.6 is 50.7 Å². The maximum absolute atomic E-state index is 12.5. The Kier molecular flexibility index (Phi) is 5.64. The van der Waals surface area contributed by atoms with Crippen molar-refractivity contribution >= 4 is 50.7 Å². The first-order valence-electron chi connectivity index (χ1n) is 6.92. The zero-order valence-electron chi connectivity index (χ0n) is 12.4. The number of aromatic nitrogens is 3. The van der Waals surface area contributed by atoms with Gasteiger partial charge < -0.3 is 4.74 Å². The highest BCUT2D eigenvalue weighted by Crippen LogP contribution is 2.25. The number of halogens is 4. The molecule has 0 bridgehead atoms. The minimum atomic E-state index is -0.498. The summed E-state index contributed by atoms with van der Waals surface area (Å²) in [6.07, 6.45) is 2.96. The second-order valence-corrected chi connectivity index (χ2v) is 6.94. The molecule has 0 aliphatic rings. The average Bonchev–Trinajstić information content (AvgIpc) is 2.60. The molecule has 0 saturated carbocycles. The lowest BCUT2D eigenvalue weighted by molar-refractivity contribution is 0.303. The van der Waals surface area contributed by atoms with Crippen LogP contribution in [0.15, 0.2) is 52.0 Å². The van der Waals surface area contributed by atoms with E-state index in [1.54, 1.807) is 36.5 Å². The van der Waals surface area contributed by atoms with Crippen LogP contribution in [0.5, 0.6) is 5.75 Å². The van der Waals surface area contributed by atoms with Crippen molar-refractivity contribution in [1.82, 2.24) is 14.8 Å². The largest absolute Gasteiger partial charge is 0.485 e. The van der Waals surface area contributed by atoms with E-state index in [1.165, 1.54) is 10.9 Å². The molecule has 0 N–H and O–H groups in total. The van der Waals surface area contributed by atoms with Crippen LogP contribution in [0.4, 0.5) is 0 Å². The molecule has 25 heavy (non-hydrogen) atoms. The summed E-state index contributed by atoms with van der Waals surface area (Å²) in [5.41, 5.74) is 0.811. The molecule has 0 unspecified atom stereocenters. The first-order chi connectivity index (χ1) is 12.0. The van der Waals surface area contributed by atoms with E-state index in [1.807, 2.05) is 0 Å². The Balaban J connectivity index is 1.86. The molecule has 2 aromatic heterocycles. The van der Waals surface area contributed by atoms with E-state index in [9.17, 15) is 4.79 Å². The molecule has 0 atom stereocenters. The summed E-state index contributed by atoms with van der Waals surface area (Å²) in [7, 11) is 0. The second-order valence-electron chi connectivity index (χ2n) is 4.92. The highest BCUT2D eigenvalue weighted by molar-refractivity contribution is 9.10. The van der Waals surface area contributed by atoms with Crippen molar-refractivity contribution in [1.29, 1.82) is 0 Å². The molecule has 0 aliphatic carbocycles. The Bertz CT molecular complexity index is 977. The Morgan fingerprint density at radius 1 is 1.12 bits per heavy atom. The van der Waals surface area contributed by atoms with Crippen molar-refractivity contribution in [3.05, 3.63) is 78.3 Å². The molecule has 128 valence electrons. The lowest BCUT2D eigenvalue weighted by Gasteiger charge is -2.10. The molecule has 5 nitrogen and oxygen atoms in total. The van der Waals surface area contributed by atoms with Crippen LogP contribution in [0.2, 0.25) is 15.2 Å². The van der Waals surface area contributed by atoms with Crippen molar-refractivity contribution in [2.24, 2.45) is 0 Å². The van der Waals surface area contributed by atoms with Gasteiger partial charge in [-0.3, -0.25) is 4.79 Å². The molecule has 0 aliphatic heterocycles. The molecule has 9 heteroatoms. The van der Waals surface area contributed by atoms with Gasteiger partial charge in [-0.2, -0.15) is 9.78 Å². The molecule has 0 spiro atoms. The molecular formula is C16H9BrCl3N3O2. The maximum atomic E-state index is 12.5. The molecule has 3 aromatic rings. The highest BCUT2D eigenvalue weighted by Gasteiger charge is 2.13. The van der Waals surface area contributed by atoms with Crippen molar-refractivity contribution in [2.75, 3.05) is 0 Å². The smallest absolute Gasteiger partial charge is 0.294 e. The van der Waals surface area contributed by atoms with Gasteiger partial charge in [-0.05, 0) is 40.2 Å². The van der Waals surface area contributed by atoms with Crippen LogP contribution in [0.3, 0.4) is 0 Å². The van der Waals surface area contributed by atoms with Crippen LogP contribution in [0.25, 0.3) is 5.69 Å². The summed E-state index contributed by atoms with van der Waals surface area (Å²) >= 11 is 21.1. The van der Waals surface area contributed by atoms with E-state index in [0.29, 0.717) is 20.3 Å². The van der Waals surface area contributed by atoms with E-state index in [-0.39, 0.29) is 17.4 Å². The van der Waals surface area contributed by atoms with Gasteiger partial charge in [0.05, 0.1) is 16.9 Å². The maximum Gasteiger partial charge on any atom is 0.294 e. The lowest BCUT2D eigenvalue weighted by atomic mass is 10.3. The Morgan fingerprint density at radius 3 is 2.60 bits per heavy atom. The quantitative estimate of drug-likeness (QED) is 0.517. The van der Waals surface area contributed by atoms with E-state index in [4.69, 9.17) is 39.5 Å². The van der Waals surface area contributed by atoms with Crippen molar-refractivity contribution in [2.45, 2.75) is 6.61 Å². The zero-order chi connectivity index (χ0) is 18.0. The predicted molar refractivity (Wildman–Crippen MR) is 101 cm³/mol. The number of hydrogen-bond acceptors (Lipinski definition) is 4. The predicted octanol–water partition coefficient (Wildman–Crippen LogP) is 4.93. The number of rotatable bonds is 4. The Morgan fingerprint density at radius 2 is 1.92 bits per heavy atom. The third-order valence-electron chi connectivity index (χ3n) is 3.22. The van der Waals surface area contributed by atoms with E-state index >= 15 is 0 Å². The van der Waals surface area contributed by atoms with E-state index in [0.717, 1.165) is 5.56 Å². The van der Waals surface area contributed by atoms with Gasteiger partial charge in [0.1, 0.15) is 11.8 Å². The normalized spacial score (nSPS) is 10.7. The number of benzene rings is 1. The summed E-state index contributed by atoms with van der Waals surface area (Å²) in [5, 5.41) is 4.95. The summed E-state index contributed by atoms with van der Waals surface area (Å²) in [6.45, 7) is 0.182. The highest BCUT2D eigenvalue weighted by atomic mass is 79.9. The molecule has 1 aromatic carbocycles. The monoisotopic (exact) mass is 459 g/mol. The lowest BCUT2D eigenvalue weighted by Crippen LogP contribution is -2.22. The van der Waals surface area contributed by atoms with Gasteiger partial charge in [-0.15, -0.1) is 0 Å². The molecule has 0 amide bonds. The fraction of sp³-hybridized carbons (Fsp3) is 0.0625. The average molecular weight is 462 g/mol. The molecule has 3 rings (SSSR count). The fourth-order valence-corrected chi connectivity index (χ4v) is 2.75. The number of ether oxygens (including phenoxy) is 1. The molecule has 0 radical (unpaired) electrons. The first kappa shape index (κ1) is 18.2.